The van der Waals surface area contributed by atoms with E-state index in [0.717, 1.165) is 17.7 Å². The Morgan fingerprint density at radius 1 is 1.07 bits per heavy atom. The molecule has 0 saturated carbocycles. The van der Waals surface area contributed by atoms with E-state index in [9.17, 15) is 13.2 Å². The van der Waals surface area contributed by atoms with Gasteiger partial charge in [0.1, 0.15) is 11.5 Å². The standard InChI is InChI=1S/C23H29NO5S/c1-3-14-29-20-11-9-18(10-12-20)16-24(19-13-15-30(26,27)17-19)23(25)21-7-5-6-8-22(21)28-4-2/h5-12,19H,3-4,13-17H2,1-2H3/t19-/m1/s1. The smallest absolute Gasteiger partial charge is 0.258 e. The highest BCUT2D eigenvalue weighted by Gasteiger charge is 2.35. The van der Waals surface area contributed by atoms with Crippen LogP contribution in [0, 0.1) is 0 Å². The molecule has 1 amide bonds. The third-order valence-corrected chi connectivity index (χ3v) is 6.83. The summed E-state index contributed by atoms with van der Waals surface area (Å²) in [5.41, 5.74) is 1.37. The van der Waals surface area contributed by atoms with Gasteiger partial charge < -0.3 is 14.4 Å². The molecule has 162 valence electrons. The maximum absolute atomic E-state index is 13.5. The van der Waals surface area contributed by atoms with Crippen molar-refractivity contribution in [3.8, 4) is 11.5 Å². The number of rotatable bonds is 9. The van der Waals surface area contributed by atoms with Gasteiger partial charge in [-0.25, -0.2) is 8.42 Å². The fraction of sp³-hybridized carbons (Fsp3) is 0.435. The second-order valence-electron chi connectivity index (χ2n) is 7.41. The first-order valence-electron chi connectivity index (χ1n) is 10.4. The second-order valence-corrected chi connectivity index (χ2v) is 9.64. The van der Waals surface area contributed by atoms with E-state index in [1.165, 1.54) is 0 Å². The quantitative estimate of drug-likeness (QED) is 0.605. The Labute approximate surface area is 178 Å². The Kier molecular flexibility index (Phi) is 7.37. The Morgan fingerprint density at radius 2 is 1.80 bits per heavy atom. The van der Waals surface area contributed by atoms with Gasteiger partial charge in [-0.05, 0) is 49.6 Å². The number of para-hydroxylation sites is 1. The summed E-state index contributed by atoms with van der Waals surface area (Å²) in [5.74, 6) is 1.18. The maximum Gasteiger partial charge on any atom is 0.258 e. The number of sulfone groups is 1. The molecule has 30 heavy (non-hydrogen) atoms. The molecule has 2 aromatic carbocycles. The van der Waals surface area contributed by atoms with Gasteiger partial charge in [0.2, 0.25) is 0 Å². The van der Waals surface area contributed by atoms with Gasteiger partial charge in [0.15, 0.2) is 9.84 Å². The Morgan fingerprint density at radius 3 is 2.43 bits per heavy atom. The van der Waals surface area contributed by atoms with Crippen molar-refractivity contribution < 1.29 is 22.7 Å². The predicted octanol–water partition coefficient (Wildman–Crippen LogP) is 3.70. The van der Waals surface area contributed by atoms with Crippen molar-refractivity contribution in [2.45, 2.75) is 39.3 Å². The normalized spacial score (nSPS) is 17.5. The highest BCUT2D eigenvalue weighted by Crippen LogP contribution is 2.26. The van der Waals surface area contributed by atoms with Crippen molar-refractivity contribution in [2.75, 3.05) is 24.7 Å². The minimum Gasteiger partial charge on any atom is -0.494 e. The van der Waals surface area contributed by atoms with Crippen LogP contribution in [0.1, 0.15) is 42.6 Å². The number of amides is 1. The lowest BCUT2D eigenvalue weighted by Crippen LogP contribution is -2.40. The van der Waals surface area contributed by atoms with E-state index >= 15 is 0 Å². The zero-order valence-corrected chi connectivity index (χ0v) is 18.4. The van der Waals surface area contributed by atoms with Gasteiger partial charge in [-0.15, -0.1) is 0 Å². The minimum absolute atomic E-state index is 0.00671. The average Bonchev–Trinajstić information content (AvgIpc) is 3.11. The van der Waals surface area contributed by atoms with Crippen molar-refractivity contribution in [3.63, 3.8) is 0 Å². The van der Waals surface area contributed by atoms with Crippen LogP contribution in [0.2, 0.25) is 0 Å². The first-order chi connectivity index (χ1) is 14.4. The van der Waals surface area contributed by atoms with Crippen LogP contribution in [0.3, 0.4) is 0 Å². The summed E-state index contributed by atoms with van der Waals surface area (Å²) in [6.45, 7) is 5.34. The lowest BCUT2D eigenvalue weighted by atomic mass is 10.1. The molecule has 0 spiro atoms. The monoisotopic (exact) mass is 431 g/mol. The summed E-state index contributed by atoms with van der Waals surface area (Å²) in [4.78, 5) is 15.1. The largest absolute Gasteiger partial charge is 0.494 e. The lowest BCUT2D eigenvalue weighted by molar-refractivity contribution is 0.0676. The minimum atomic E-state index is -3.13. The molecule has 6 nitrogen and oxygen atoms in total. The SMILES string of the molecule is CCCOc1ccc(CN(C(=O)c2ccccc2OCC)[C@@H]2CCS(=O)(=O)C2)cc1. The number of ether oxygens (including phenoxy) is 2. The highest BCUT2D eigenvalue weighted by molar-refractivity contribution is 7.91. The molecule has 7 heteroatoms. The summed E-state index contributed by atoms with van der Waals surface area (Å²) < 4.78 is 35.4. The summed E-state index contributed by atoms with van der Waals surface area (Å²) >= 11 is 0. The summed E-state index contributed by atoms with van der Waals surface area (Å²) in [6.07, 6.45) is 1.38. The van der Waals surface area contributed by atoms with Crippen LogP contribution >= 0.6 is 0 Å². The van der Waals surface area contributed by atoms with Gasteiger partial charge >= 0.3 is 0 Å². The van der Waals surface area contributed by atoms with E-state index in [1.54, 1.807) is 23.1 Å². The zero-order valence-electron chi connectivity index (χ0n) is 17.5. The summed E-state index contributed by atoms with van der Waals surface area (Å²) in [5, 5.41) is 0. The first-order valence-corrected chi connectivity index (χ1v) is 12.2. The Balaban J connectivity index is 1.87. The van der Waals surface area contributed by atoms with E-state index in [4.69, 9.17) is 9.47 Å². The molecule has 1 saturated heterocycles. The van der Waals surface area contributed by atoms with Crippen molar-refractivity contribution in [1.29, 1.82) is 0 Å². The molecule has 0 aromatic heterocycles. The number of carbonyl (C=O) groups excluding carboxylic acids is 1. The number of carbonyl (C=O) groups is 1. The van der Waals surface area contributed by atoms with Crippen molar-refractivity contribution in [2.24, 2.45) is 0 Å². The molecule has 1 fully saturated rings. The molecule has 2 aromatic rings. The fourth-order valence-corrected chi connectivity index (χ4v) is 5.31. The molecule has 0 radical (unpaired) electrons. The van der Waals surface area contributed by atoms with E-state index in [2.05, 4.69) is 0 Å². The fourth-order valence-electron chi connectivity index (χ4n) is 3.58. The van der Waals surface area contributed by atoms with Gasteiger partial charge in [0.25, 0.3) is 5.91 Å². The highest BCUT2D eigenvalue weighted by atomic mass is 32.2. The van der Waals surface area contributed by atoms with E-state index in [-0.39, 0.29) is 23.5 Å². The molecule has 0 aliphatic carbocycles. The van der Waals surface area contributed by atoms with Crippen LogP contribution in [0.15, 0.2) is 48.5 Å². The van der Waals surface area contributed by atoms with Crippen molar-refractivity contribution >= 4 is 15.7 Å². The molecular weight excluding hydrogens is 402 g/mol. The van der Waals surface area contributed by atoms with Crippen LogP contribution in [-0.2, 0) is 16.4 Å². The van der Waals surface area contributed by atoms with Gasteiger partial charge in [0.05, 0.1) is 30.3 Å². The molecule has 0 bridgehead atoms. The van der Waals surface area contributed by atoms with E-state index in [0.29, 0.717) is 37.5 Å². The van der Waals surface area contributed by atoms with Gasteiger partial charge in [-0.3, -0.25) is 4.79 Å². The number of nitrogens with zero attached hydrogens (tertiary/aromatic N) is 1. The van der Waals surface area contributed by atoms with Crippen LogP contribution in [-0.4, -0.2) is 50.0 Å². The van der Waals surface area contributed by atoms with Crippen LogP contribution in [0.25, 0.3) is 0 Å². The van der Waals surface area contributed by atoms with E-state index in [1.807, 2.05) is 44.2 Å². The second kappa shape index (κ2) is 9.98. The third kappa shape index (κ3) is 5.53. The number of benzene rings is 2. The Bertz CT molecular complexity index is 956. The topological polar surface area (TPSA) is 72.9 Å². The molecule has 0 unspecified atom stereocenters. The molecule has 1 aliphatic heterocycles. The third-order valence-electron chi connectivity index (χ3n) is 5.08. The van der Waals surface area contributed by atoms with Crippen molar-refractivity contribution in [3.05, 3.63) is 59.7 Å². The molecule has 1 atom stereocenters. The first kappa shape index (κ1) is 22.2. The molecule has 1 heterocycles. The molecule has 0 N–H and O–H groups in total. The predicted molar refractivity (Wildman–Crippen MR) is 117 cm³/mol. The summed E-state index contributed by atoms with van der Waals surface area (Å²) in [6, 6.07) is 14.4. The Hall–Kier alpha value is -2.54. The number of hydrogen-bond donors (Lipinski definition) is 0. The zero-order chi connectivity index (χ0) is 21.6. The number of hydrogen-bond acceptors (Lipinski definition) is 5. The van der Waals surface area contributed by atoms with Crippen LogP contribution < -0.4 is 9.47 Å². The molecule has 3 rings (SSSR count). The van der Waals surface area contributed by atoms with Gasteiger partial charge in [0, 0.05) is 12.6 Å². The average molecular weight is 432 g/mol. The molecular formula is C23H29NO5S. The maximum atomic E-state index is 13.5. The molecule has 1 aliphatic rings. The van der Waals surface area contributed by atoms with Gasteiger partial charge in [-0.2, -0.15) is 0 Å². The van der Waals surface area contributed by atoms with E-state index < -0.39 is 9.84 Å². The van der Waals surface area contributed by atoms with Gasteiger partial charge in [-0.1, -0.05) is 31.2 Å². The van der Waals surface area contributed by atoms with Crippen molar-refractivity contribution in [1.82, 2.24) is 4.90 Å². The van der Waals surface area contributed by atoms with Crippen LogP contribution in [0.4, 0.5) is 0 Å². The van der Waals surface area contributed by atoms with Crippen LogP contribution in [0.5, 0.6) is 11.5 Å². The summed E-state index contributed by atoms with van der Waals surface area (Å²) in [7, 11) is -3.13. The lowest BCUT2D eigenvalue weighted by Gasteiger charge is -2.29.